The van der Waals surface area contributed by atoms with Crippen LogP contribution in [-0.2, 0) is 4.74 Å². The Morgan fingerprint density at radius 1 is 1.62 bits per heavy atom. The lowest BCUT2D eigenvalue weighted by Gasteiger charge is -2.26. The van der Waals surface area contributed by atoms with Crippen LogP contribution in [-0.4, -0.2) is 41.1 Å². The molecule has 16 heavy (non-hydrogen) atoms. The summed E-state index contributed by atoms with van der Waals surface area (Å²) < 4.78 is 18.8. The standard InChI is InChI=1S/C11H11FN2O2/c12-10-4-13-2-1-9(10)11(15)14-5-8-3-7(14)6-16-8/h1-2,4,7-8H,3,5-6H2. The van der Waals surface area contributed by atoms with Crippen molar-refractivity contribution in [2.45, 2.75) is 18.6 Å². The van der Waals surface area contributed by atoms with E-state index in [4.69, 9.17) is 4.74 Å². The van der Waals surface area contributed by atoms with Gasteiger partial charge < -0.3 is 9.64 Å². The summed E-state index contributed by atoms with van der Waals surface area (Å²) in [6, 6.07) is 1.54. The first-order valence-electron chi connectivity index (χ1n) is 5.28. The molecule has 1 amide bonds. The SMILES string of the molecule is O=C(c1ccncc1F)N1CC2CC1CO2. The van der Waals surface area contributed by atoms with Crippen molar-refractivity contribution >= 4 is 5.91 Å². The van der Waals surface area contributed by atoms with Gasteiger partial charge in [-0.2, -0.15) is 0 Å². The molecule has 2 aliphatic rings. The second kappa shape index (κ2) is 3.52. The van der Waals surface area contributed by atoms with Crippen molar-refractivity contribution in [3.8, 4) is 0 Å². The number of hydrogen-bond donors (Lipinski definition) is 0. The molecular formula is C11H11FN2O2. The molecule has 2 aliphatic heterocycles. The summed E-state index contributed by atoms with van der Waals surface area (Å²) in [5, 5.41) is 0. The van der Waals surface area contributed by atoms with Crippen molar-refractivity contribution in [2.24, 2.45) is 0 Å². The van der Waals surface area contributed by atoms with Gasteiger partial charge in [-0.3, -0.25) is 9.78 Å². The third-order valence-corrected chi connectivity index (χ3v) is 3.16. The largest absolute Gasteiger partial charge is 0.374 e. The normalized spacial score (nSPS) is 27.4. The number of fused-ring (bicyclic) bond motifs is 2. The first kappa shape index (κ1) is 9.72. The minimum Gasteiger partial charge on any atom is -0.374 e. The summed E-state index contributed by atoms with van der Waals surface area (Å²) in [6.07, 6.45) is 3.51. The van der Waals surface area contributed by atoms with Crippen LogP contribution in [0.5, 0.6) is 0 Å². The Kier molecular flexibility index (Phi) is 2.14. The van der Waals surface area contributed by atoms with E-state index in [0.29, 0.717) is 13.2 Å². The topological polar surface area (TPSA) is 42.4 Å². The van der Waals surface area contributed by atoms with Crippen molar-refractivity contribution in [1.29, 1.82) is 0 Å². The highest BCUT2D eigenvalue weighted by Crippen LogP contribution is 2.29. The van der Waals surface area contributed by atoms with Crippen molar-refractivity contribution < 1.29 is 13.9 Å². The highest BCUT2D eigenvalue weighted by atomic mass is 19.1. The van der Waals surface area contributed by atoms with Crippen LogP contribution in [0.2, 0.25) is 0 Å². The second-order valence-electron chi connectivity index (χ2n) is 4.16. The minimum atomic E-state index is -0.559. The predicted molar refractivity (Wildman–Crippen MR) is 53.4 cm³/mol. The Balaban J connectivity index is 1.86. The zero-order valence-corrected chi connectivity index (χ0v) is 8.60. The smallest absolute Gasteiger partial charge is 0.257 e. The Hall–Kier alpha value is -1.49. The molecule has 1 aromatic rings. The lowest BCUT2D eigenvalue weighted by atomic mass is 10.2. The summed E-state index contributed by atoms with van der Waals surface area (Å²) in [4.78, 5) is 17.4. The van der Waals surface area contributed by atoms with Crippen LogP contribution >= 0.6 is 0 Å². The van der Waals surface area contributed by atoms with Crippen LogP contribution in [0, 0.1) is 5.82 Å². The number of halogens is 1. The number of ether oxygens (including phenoxy) is 1. The molecule has 84 valence electrons. The lowest BCUT2D eigenvalue weighted by molar-refractivity contribution is 0.0256. The van der Waals surface area contributed by atoms with Crippen LogP contribution < -0.4 is 0 Å². The average Bonchev–Trinajstić information content (AvgIpc) is 2.90. The summed E-state index contributed by atoms with van der Waals surface area (Å²) >= 11 is 0. The summed E-state index contributed by atoms with van der Waals surface area (Å²) in [7, 11) is 0. The fourth-order valence-corrected chi connectivity index (χ4v) is 2.35. The average molecular weight is 222 g/mol. The molecule has 2 atom stereocenters. The summed E-state index contributed by atoms with van der Waals surface area (Å²) in [6.45, 7) is 1.15. The number of likely N-dealkylation sites (tertiary alicyclic amines) is 1. The van der Waals surface area contributed by atoms with Gasteiger partial charge in [0.05, 0.1) is 30.5 Å². The lowest BCUT2D eigenvalue weighted by Crippen LogP contribution is -2.41. The number of nitrogens with zero attached hydrogens (tertiary/aromatic N) is 2. The van der Waals surface area contributed by atoms with Gasteiger partial charge in [0.25, 0.3) is 5.91 Å². The van der Waals surface area contributed by atoms with E-state index in [1.54, 1.807) is 4.90 Å². The quantitative estimate of drug-likeness (QED) is 0.707. The molecule has 2 unspecified atom stereocenters. The van der Waals surface area contributed by atoms with Crippen LogP contribution in [0.15, 0.2) is 18.5 Å². The van der Waals surface area contributed by atoms with Crippen LogP contribution in [0.25, 0.3) is 0 Å². The molecule has 5 heteroatoms. The van der Waals surface area contributed by atoms with E-state index in [1.807, 2.05) is 0 Å². The molecule has 2 bridgehead atoms. The zero-order valence-electron chi connectivity index (χ0n) is 8.60. The second-order valence-corrected chi connectivity index (χ2v) is 4.16. The van der Waals surface area contributed by atoms with Crippen molar-refractivity contribution in [1.82, 2.24) is 9.88 Å². The maximum Gasteiger partial charge on any atom is 0.257 e. The van der Waals surface area contributed by atoms with E-state index in [0.717, 1.165) is 12.6 Å². The van der Waals surface area contributed by atoms with E-state index >= 15 is 0 Å². The number of carbonyl (C=O) groups excluding carboxylic acids is 1. The first-order valence-corrected chi connectivity index (χ1v) is 5.28. The van der Waals surface area contributed by atoms with E-state index in [2.05, 4.69) is 4.98 Å². The summed E-state index contributed by atoms with van der Waals surface area (Å²) in [5.74, 6) is -0.813. The van der Waals surface area contributed by atoms with Crippen LogP contribution in [0.1, 0.15) is 16.8 Å². The molecular weight excluding hydrogens is 211 g/mol. The number of aromatic nitrogens is 1. The highest BCUT2D eigenvalue weighted by molar-refractivity contribution is 5.94. The van der Waals surface area contributed by atoms with Gasteiger partial charge in [0.2, 0.25) is 0 Å². The number of morpholine rings is 1. The Labute approximate surface area is 92.0 Å². The summed E-state index contributed by atoms with van der Waals surface area (Å²) in [5.41, 5.74) is 0.0996. The number of pyridine rings is 1. The third kappa shape index (κ3) is 1.39. The number of hydrogen-bond acceptors (Lipinski definition) is 3. The van der Waals surface area contributed by atoms with Gasteiger partial charge in [-0.1, -0.05) is 0 Å². The van der Waals surface area contributed by atoms with Gasteiger partial charge in [-0.25, -0.2) is 4.39 Å². The Morgan fingerprint density at radius 3 is 3.12 bits per heavy atom. The molecule has 4 nitrogen and oxygen atoms in total. The molecule has 0 radical (unpaired) electrons. The monoisotopic (exact) mass is 222 g/mol. The molecule has 0 saturated carbocycles. The molecule has 3 rings (SSSR count). The molecule has 0 aliphatic carbocycles. The third-order valence-electron chi connectivity index (χ3n) is 3.16. The number of amides is 1. The van der Waals surface area contributed by atoms with Gasteiger partial charge in [-0.15, -0.1) is 0 Å². The molecule has 2 fully saturated rings. The van der Waals surface area contributed by atoms with Crippen LogP contribution in [0.3, 0.4) is 0 Å². The van der Waals surface area contributed by atoms with Gasteiger partial charge in [0.1, 0.15) is 0 Å². The maximum atomic E-state index is 13.4. The predicted octanol–water partition coefficient (Wildman–Crippen LogP) is 0.834. The Morgan fingerprint density at radius 2 is 2.50 bits per heavy atom. The van der Waals surface area contributed by atoms with Crippen molar-refractivity contribution in [3.05, 3.63) is 29.8 Å². The van der Waals surface area contributed by atoms with Crippen LogP contribution in [0.4, 0.5) is 4.39 Å². The first-order chi connectivity index (χ1) is 7.75. The minimum absolute atomic E-state index is 0.0996. The van der Waals surface area contributed by atoms with Crippen molar-refractivity contribution in [2.75, 3.05) is 13.2 Å². The highest BCUT2D eigenvalue weighted by Gasteiger charge is 2.42. The molecule has 2 saturated heterocycles. The molecule has 0 spiro atoms. The maximum absolute atomic E-state index is 13.4. The van der Waals surface area contributed by atoms with E-state index in [1.165, 1.54) is 12.3 Å². The van der Waals surface area contributed by atoms with E-state index < -0.39 is 5.82 Å². The van der Waals surface area contributed by atoms with Gasteiger partial charge in [-0.05, 0) is 12.5 Å². The van der Waals surface area contributed by atoms with E-state index in [-0.39, 0.29) is 23.6 Å². The zero-order chi connectivity index (χ0) is 11.1. The van der Waals surface area contributed by atoms with Gasteiger partial charge in [0.15, 0.2) is 5.82 Å². The fraction of sp³-hybridized carbons (Fsp3) is 0.455. The number of rotatable bonds is 1. The van der Waals surface area contributed by atoms with Gasteiger partial charge in [0, 0.05) is 12.7 Å². The Bertz CT molecular complexity index is 438. The molecule has 0 N–H and O–H groups in total. The molecule has 0 aromatic carbocycles. The fourth-order valence-electron chi connectivity index (χ4n) is 2.35. The molecule has 1 aromatic heterocycles. The molecule has 3 heterocycles. The van der Waals surface area contributed by atoms with E-state index in [9.17, 15) is 9.18 Å². The number of carbonyl (C=O) groups is 1. The van der Waals surface area contributed by atoms with Crippen molar-refractivity contribution in [3.63, 3.8) is 0 Å². The van der Waals surface area contributed by atoms with Gasteiger partial charge >= 0.3 is 0 Å².